The predicted molar refractivity (Wildman–Crippen MR) is 81.3 cm³/mol. The van der Waals surface area contributed by atoms with Crippen molar-refractivity contribution in [2.75, 3.05) is 5.75 Å². The van der Waals surface area contributed by atoms with E-state index in [1.165, 1.54) is 0 Å². The Labute approximate surface area is 119 Å². The smallest absolute Gasteiger partial charge is 0.263 e. The van der Waals surface area contributed by atoms with Crippen molar-refractivity contribution in [3.05, 3.63) is 47.3 Å². The molecule has 0 spiro atoms. The third-order valence-electron chi connectivity index (χ3n) is 3.06. The monoisotopic (exact) mass is 286 g/mol. The Morgan fingerprint density at radius 3 is 2.90 bits per heavy atom. The van der Waals surface area contributed by atoms with E-state index in [0.717, 1.165) is 16.4 Å². The Balaban J connectivity index is 2.51. The Kier molecular flexibility index (Phi) is 3.31. The van der Waals surface area contributed by atoms with E-state index in [2.05, 4.69) is 23.7 Å². The molecule has 0 aliphatic carbocycles. The number of benzene rings is 1. The molecule has 0 N–H and O–H groups in total. The van der Waals surface area contributed by atoms with Crippen LogP contribution in [-0.4, -0.2) is 24.9 Å². The lowest BCUT2D eigenvalue weighted by atomic mass is 10.2. The number of nitrogens with zero attached hydrogens (tertiary/aromatic N) is 4. The van der Waals surface area contributed by atoms with Gasteiger partial charge in [-0.2, -0.15) is 0 Å². The highest BCUT2D eigenvalue weighted by Crippen LogP contribution is 2.21. The summed E-state index contributed by atoms with van der Waals surface area (Å²) in [7, 11) is 0. The fourth-order valence-electron chi connectivity index (χ4n) is 2.25. The number of fused-ring (bicyclic) bond motifs is 3. The molecular weight excluding hydrogens is 272 g/mol. The van der Waals surface area contributed by atoms with Gasteiger partial charge in [0.15, 0.2) is 5.16 Å². The fourth-order valence-corrected chi connectivity index (χ4v) is 2.92. The molecule has 0 unspecified atom stereocenters. The van der Waals surface area contributed by atoms with Gasteiger partial charge in [-0.05, 0) is 17.9 Å². The SMILES string of the molecule is C=CCn1c(=O)c2ccccc2n2c(SCC)nnc12. The molecule has 0 saturated heterocycles. The maximum absolute atomic E-state index is 12.5. The molecule has 6 heteroatoms. The minimum absolute atomic E-state index is 0.0616. The Morgan fingerprint density at radius 1 is 1.35 bits per heavy atom. The molecule has 0 atom stereocenters. The molecule has 0 fully saturated rings. The molecule has 0 radical (unpaired) electrons. The van der Waals surface area contributed by atoms with E-state index < -0.39 is 0 Å². The van der Waals surface area contributed by atoms with Gasteiger partial charge >= 0.3 is 0 Å². The lowest BCUT2D eigenvalue weighted by Gasteiger charge is -2.09. The normalized spacial score (nSPS) is 11.2. The zero-order valence-electron chi connectivity index (χ0n) is 11.1. The summed E-state index contributed by atoms with van der Waals surface area (Å²) in [5, 5.41) is 9.84. The van der Waals surface area contributed by atoms with E-state index in [-0.39, 0.29) is 5.56 Å². The van der Waals surface area contributed by atoms with Gasteiger partial charge < -0.3 is 0 Å². The molecule has 3 aromatic rings. The van der Waals surface area contributed by atoms with Gasteiger partial charge in [-0.1, -0.05) is 36.9 Å². The molecule has 5 nitrogen and oxygen atoms in total. The van der Waals surface area contributed by atoms with Crippen LogP contribution >= 0.6 is 11.8 Å². The first-order valence-electron chi connectivity index (χ1n) is 6.38. The first kappa shape index (κ1) is 12.9. The van der Waals surface area contributed by atoms with Gasteiger partial charge in [-0.3, -0.25) is 13.8 Å². The van der Waals surface area contributed by atoms with Crippen LogP contribution in [0.3, 0.4) is 0 Å². The maximum atomic E-state index is 12.5. The molecule has 102 valence electrons. The number of hydrogen-bond acceptors (Lipinski definition) is 4. The van der Waals surface area contributed by atoms with Crippen LogP contribution in [0.25, 0.3) is 16.7 Å². The highest BCUT2D eigenvalue weighted by molar-refractivity contribution is 7.99. The highest BCUT2D eigenvalue weighted by Gasteiger charge is 2.15. The van der Waals surface area contributed by atoms with Gasteiger partial charge in [0.1, 0.15) is 0 Å². The van der Waals surface area contributed by atoms with Crippen molar-refractivity contribution >= 4 is 28.4 Å². The van der Waals surface area contributed by atoms with Crippen molar-refractivity contribution in [2.45, 2.75) is 18.6 Å². The van der Waals surface area contributed by atoms with Crippen molar-refractivity contribution in [3.63, 3.8) is 0 Å². The van der Waals surface area contributed by atoms with E-state index in [9.17, 15) is 4.79 Å². The van der Waals surface area contributed by atoms with E-state index in [1.807, 2.05) is 28.7 Å². The van der Waals surface area contributed by atoms with E-state index in [0.29, 0.717) is 17.7 Å². The fraction of sp³-hybridized carbons (Fsp3) is 0.214. The van der Waals surface area contributed by atoms with Crippen molar-refractivity contribution in [1.82, 2.24) is 19.2 Å². The standard InChI is InChI=1S/C14H14N4OS/c1-3-9-17-12(19)10-7-5-6-8-11(10)18-13(17)15-16-14(18)20-4-2/h3,5-8H,1,4,9H2,2H3. The van der Waals surface area contributed by atoms with Gasteiger partial charge in [-0.25, -0.2) is 0 Å². The summed E-state index contributed by atoms with van der Waals surface area (Å²) in [6.45, 7) is 6.19. The number of aromatic nitrogens is 4. The Bertz CT molecular complexity index is 849. The summed E-state index contributed by atoms with van der Waals surface area (Å²) in [5.41, 5.74) is 0.780. The average Bonchev–Trinajstić information content (AvgIpc) is 2.88. The van der Waals surface area contributed by atoms with Crippen LogP contribution in [0, 0.1) is 0 Å². The van der Waals surface area contributed by atoms with Crippen molar-refractivity contribution in [2.24, 2.45) is 0 Å². The molecular formula is C14H14N4OS. The van der Waals surface area contributed by atoms with Gasteiger partial charge in [-0.15, -0.1) is 16.8 Å². The van der Waals surface area contributed by atoms with E-state index >= 15 is 0 Å². The summed E-state index contributed by atoms with van der Waals surface area (Å²) in [6.07, 6.45) is 1.69. The van der Waals surface area contributed by atoms with E-state index in [4.69, 9.17) is 0 Å². The minimum Gasteiger partial charge on any atom is -0.272 e. The zero-order chi connectivity index (χ0) is 14.1. The molecule has 0 saturated carbocycles. The van der Waals surface area contributed by atoms with Crippen LogP contribution in [0.15, 0.2) is 46.9 Å². The maximum Gasteiger partial charge on any atom is 0.263 e. The van der Waals surface area contributed by atoms with Crippen LogP contribution in [0.4, 0.5) is 0 Å². The van der Waals surface area contributed by atoms with Crippen LogP contribution in [0.2, 0.25) is 0 Å². The third kappa shape index (κ3) is 1.84. The summed E-state index contributed by atoms with van der Waals surface area (Å²) in [6, 6.07) is 7.53. The highest BCUT2D eigenvalue weighted by atomic mass is 32.2. The van der Waals surface area contributed by atoms with Gasteiger partial charge in [0.05, 0.1) is 10.9 Å². The van der Waals surface area contributed by atoms with Crippen molar-refractivity contribution < 1.29 is 0 Å². The molecule has 0 aliphatic heterocycles. The molecule has 2 heterocycles. The second-order valence-corrected chi connectivity index (χ2v) is 5.50. The first-order valence-corrected chi connectivity index (χ1v) is 7.36. The number of thioether (sulfide) groups is 1. The molecule has 0 aliphatic rings. The van der Waals surface area contributed by atoms with Crippen molar-refractivity contribution in [1.29, 1.82) is 0 Å². The average molecular weight is 286 g/mol. The van der Waals surface area contributed by atoms with Crippen LogP contribution in [-0.2, 0) is 6.54 Å². The van der Waals surface area contributed by atoms with Crippen LogP contribution in [0.1, 0.15) is 6.92 Å². The summed E-state index contributed by atoms with van der Waals surface area (Å²) >= 11 is 1.61. The van der Waals surface area contributed by atoms with Crippen LogP contribution < -0.4 is 5.56 Å². The lowest BCUT2D eigenvalue weighted by molar-refractivity contribution is 0.783. The van der Waals surface area contributed by atoms with Gasteiger partial charge in [0, 0.05) is 6.54 Å². The van der Waals surface area contributed by atoms with E-state index in [1.54, 1.807) is 22.4 Å². The predicted octanol–water partition coefficient (Wildman–Crippen LogP) is 2.34. The van der Waals surface area contributed by atoms with Crippen molar-refractivity contribution in [3.8, 4) is 0 Å². The van der Waals surface area contributed by atoms with Gasteiger partial charge in [0.2, 0.25) is 5.78 Å². The summed E-state index contributed by atoms with van der Waals surface area (Å²) < 4.78 is 3.54. The number of allylic oxidation sites excluding steroid dienone is 1. The quantitative estimate of drug-likeness (QED) is 0.545. The lowest BCUT2D eigenvalue weighted by Crippen LogP contribution is -2.22. The number of para-hydroxylation sites is 1. The van der Waals surface area contributed by atoms with Crippen LogP contribution in [0.5, 0.6) is 0 Å². The largest absolute Gasteiger partial charge is 0.272 e. The number of hydrogen-bond donors (Lipinski definition) is 0. The molecule has 20 heavy (non-hydrogen) atoms. The molecule has 0 amide bonds. The zero-order valence-corrected chi connectivity index (χ0v) is 11.9. The number of rotatable bonds is 4. The second-order valence-electron chi connectivity index (χ2n) is 4.27. The summed E-state index contributed by atoms with van der Waals surface area (Å²) in [4.78, 5) is 12.5. The first-order chi connectivity index (χ1) is 9.77. The third-order valence-corrected chi connectivity index (χ3v) is 3.87. The second kappa shape index (κ2) is 5.13. The van der Waals surface area contributed by atoms with Gasteiger partial charge in [0.25, 0.3) is 5.56 Å². The molecule has 1 aromatic carbocycles. The minimum atomic E-state index is -0.0616. The molecule has 2 aromatic heterocycles. The Morgan fingerprint density at radius 2 is 2.15 bits per heavy atom. The summed E-state index contributed by atoms with van der Waals surface area (Å²) in [5.74, 6) is 1.46. The molecule has 0 bridgehead atoms. The topological polar surface area (TPSA) is 52.2 Å². The molecule has 3 rings (SSSR count). The Hall–Kier alpha value is -2.08.